The molecule has 1 amide bonds. The van der Waals surface area contributed by atoms with Crippen molar-refractivity contribution in [1.29, 1.82) is 0 Å². The van der Waals surface area contributed by atoms with Crippen molar-refractivity contribution in [3.63, 3.8) is 0 Å². The lowest BCUT2D eigenvalue weighted by Gasteiger charge is -2.30. The highest BCUT2D eigenvalue weighted by Gasteiger charge is 2.29. The number of rotatable bonds is 1. The molecule has 0 radical (unpaired) electrons. The molecule has 0 N–H and O–H groups in total. The molecule has 0 aromatic carbocycles. The summed E-state index contributed by atoms with van der Waals surface area (Å²) in [7, 11) is -3.09. The molecule has 12 heavy (non-hydrogen) atoms. The molecular formula is C7H13NO3S. The second kappa shape index (κ2) is 3.05. The minimum atomic E-state index is -3.09. The minimum Gasteiger partial charge on any atom is -0.338 e. The van der Waals surface area contributed by atoms with Gasteiger partial charge in [-0.05, 0) is 13.8 Å². The van der Waals surface area contributed by atoms with Crippen LogP contribution in [0.3, 0.4) is 0 Å². The molecule has 70 valence electrons. The van der Waals surface area contributed by atoms with Gasteiger partial charge in [0.15, 0.2) is 9.84 Å². The van der Waals surface area contributed by atoms with Crippen LogP contribution in [0.5, 0.6) is 0 Å². The van der Waals surface area contributed by atoms with Crippen molar-refractivity contribution in [2.24, 2.45) is 0 Å². The molecule has 0 saturated carbocycles. The van der Waals surface area contributed by atoms with Crippen LogP contribution in [0.4, 0.5) is 0 Å². The number of nitrogens with zero attached hydrogens (tertiary/aromatic N) is 1. The summed E-state index contributed by atoms with van der Waals surface area (Å²) in [5.41, 5.74) is 0. The summed E-state index contributed by atoms with van der Waals surface area (Å²) in [6.45, 7) is 4.12. The Labute approximate surface area is 72.5 Å². The summed E-state index contributed by atoms with van der Waals surface area (Å²) >= 11 is 0. The highest BCUT2D eigenvalue weighted by atomic mass is 32.2. The lowest BCUT2D eigenvalue weighted by molar-refractivity contribution is -0.130. The molecule has 0 atom stereocenters. The molecule has 0 bridgehead atoms. The third-order valence-corrected chi connectivity index (χ3v) is 3.42. The molecule has 1 rings (SSSR count). The summed E-state index contributed by atoms with van der Waals surface area (Å²) in [6.07, 6.45) is 0. The average molecular weight is 191 g/mol. The predicted octanol–water partition coefficient (Wildman–Crippen LogP) is -0.348. The average Bonchev–Trinajstić information content (AvgIpc) is 1.83. The second-order valence-corrected chi connectivity index (χ2v) is 5.46. The molecule has 1 aliphatic heterocycles. The van der Waals surface area contributed by atoms with E-state index < -0.39 is 9.84 Å². The SMILES string of the molecule is CC(C)N1CCS(=O)(=O)CC1=O. The molecule has 1 saturated heterocycles. The summed E-state index contributed by atoms with van der Waals surface area (Å²) in [4.78, 5) is 12.8. The Bertz CT molecular complexity index is 281. The number of hydrogen-bond acceptors (Lipinski definition) is 3. The highest BCUT2D eigenvalue weighted by molar-refractivity contribution is 7.92. The number of amides is 1. The van der Waals surface area contributed by atoms with E-state index in [0.29, 0.717) is 6.54 Å². The number of hydrogen-bond donors (Lipinski definition) is 0. The molecule has 0 unspecified atom stereocenters. The summed E-state index contributed by atoms with van der Waals surface area (Å²) < 4.78 is 22.0. The Morgan fingerprint density at radius 2 is 2.00 bits per heavy atom. The van der Waals surface area contributed by atoms with Crippen molar-refractivity contribution in [3.05, 3.63) is 0 Å². The topological polar surface area (TPSA) is 54.5 Å². The van der Waals surface area contributed by atoms with E-state index >= 15 is 0 Å². The van der Waals surface area contributed by atoms with E-state index in [2.05, 4.69) is 0 Å². The molecule has 1 aliphatic rings. The molecule has 0 aliphatic carbocycles. The highest BCUT2D eigenvalue weighted by Crippen LogP contribution is 2.08. The first-order valence-corrected chi connectivity index (χ1v) is 5.74. The van der Waals surface area contributed by atoms with Crippen molar-refractivity contribution < 1.29 is 13.2 Å². The van der Waals surface area contributed by atoms with Gasteiger partial charge in [-0.3, -0.25) is 4.79 Å². The molecule has 0 aromatic rings. The second-order valence-electron chi connectivity index (χ2n) is 3.27. The van der Waals surface area contributed by atoms with Crippen LogP contribution in [-0.4, -0.2) is 43.3 Å². The van der Waals surface area contributed by atoms with Gasteiger partial charge in [-0.2, -0.15) is 0 Å². The number of sulfone groups is 1. The van der Waals surface area contributed by atoms with Gasteiger partial charge in [-0.25, -0.2) is 8.42 Å². The first-order chi connectivity index (χ1) is 5.42. The van der Waals surface area contributed by atoms with E-state index in [0.717, 1.165) is 0 Å². The van der Waals surface area contributed by atoms with Crippen LogP contribution in [0.2, 0.25) is 0 Å². The van der Waals surface area contributed by atoms with Gasteiger partial charge >= 0.3 is 0 Å². The summed E-state index contributed by atoms with van der Waals surface area (Å²) in [6, 6.07) is 0.105. The Balaban J connectivity index is 2.73. The smallest absolute Gasteiger partial charge is 0.238 e. The zero-order chi connectivity index (χ0) is 9.35. The Kier molecular flexibility index (Phi) is 2.41. The lowest BCUT2D eigenvalue weighted by atomic mass is 10.3. The standard InChI is InChI=1S/C7H13NO3S/c1-6(2)8-3-4-12(10,11)5-7(8)9/h6H,3-5H2,1-2H3. The largest absolute Gasteiger partial charge is 0.338 e. The fraction of sp³-hybridized carbons (Fsp3) is 0.857. The van der Waals surface area contributed by atoms with E-state index in [4.69, 9.17) is 0 Å². The van der Waals surface area contributed by atoms with Gasteiger partial charge in [0, 0.05) is 12.6 Å². The third kappa shape index (κ3) is 1.97. The Morgan fingerprint density at radius 3 is 2.42 bits per heavy atom. The van der Waals surface area contributed by atoms with Crippen molar-refractivity contribution >= 4 is 15.7 Å². The quantitative estimate of drug-likeness (QED) is 0.569. The molecule has 0 spiro atoms. The van der Waals surface area contributed by atoms with Crippen molar-refractivity contribution in [3.8, 4) is 0 Å². The van der Waals surface area contributed by atoms with Crippen molar-refractivity contribution in [2.75, 3.05) is 18.1 Å². The summed E-state index contributed by atoms with van der Waals surface area (Å²) in [5.74, 6) is -0.474. The zero-order valence-electron chi connectivity index (χ0n) is 7.28. The maximum Gasteiger partial charge on any atom is 0.238 e. The number of carbonyl (C=O) groups is 1. The van der Waals surface area contributed by atoms with Crippen LogP contribution < -0.4 is 0 Å². The van der Waals surface area contributed by atoms with E-state index in [1.807, 2.05) is 13.8 Å². The number of carbonyl (C=O) groups excluding carboxylic acids is 1. The lowest BCUT2D eigenvalue weighted by Crippen LogP contribution is -2.48. The Hall–Kier alpha value is -0.580. The molecule has 1 heterocycles. The fourth-order valence-electron chi connectivity index (χ4n) is 1.25. The van der Waals surface area contributed by atoms with Crippen LogP contribution in [0.1, 0.15) is 13.8 Å². The first-order valence-electron chi connectivity index (χ1n) is 3.92. The maximum atomic E-state index is 11.2. The molecule has 5 heteroatoms. The van der Waals surface area contributed by atoms with Gasteiger partial charge in [0.2, 0.25) is 5.91 Å². The summed E-state index contributed by atoms with van der Waals surface area (Å²) in [5, 5.41) is 0. The zero-order valence-corrected chi connectivity index (χ0v) is 8.10. The van der Waals surface area contributed by atoms with E-state index in [1.165, 1.54) is 0 Å². The van der Waals surface area contributed by atoms with Crippen LogP contribution >= 0.6 is 0 Å². The van der Waals surface area contributed by atoms with Crippen molar-refractivity contribution in [1.82, 2.24) is 4.90 Å². The molecular weight excluding hydrogens is 178 g/mol. The van der Waals surface area contributed by atoms with Gasteiger partial charge in [0.25, 0.3) is 0 Å². The maximum absolute atomic E-state index is 11.2. The predicted molar refractivity (Wildman–Crippen MR) is 45.5 cm³/mol. The van der Waals surface area contributed by atoms with Crippen LogP contribution in [0.25, 0.3) is 0 Å². The van der Waals surface area contributed by atoms with Crippen molar-refractivity contribution in [2.45, 2.75) is 19.9 Å². The third-order valence-electron chi connectivity index (χ3n) is 1.93. The van der Waals surface area contributed by atoms with Gasteiger partial charge < -0.3 is 4.90 Å². The van der Waals surface area contributed by atoms with E-state index in [9.17, 15) is 13.2 Å². The molecule has 0 aromatic heterocycles. The molecule has 4 nitrogen and oxygen atoms in total. The monoisotopic (exact) mass is 191 g/mol. The van der Waals surface area contributed by atoms with Gasteiger partial charge in [0.1, 0.15) is 5.75 Å². The van der Waals surface area contributed by atoms with E-state index in [-0.39, 0.29) is 23.5 Å². The van der Waals surface area contributed by atoms with Crippen LogP contribution in [0.15, 0.2) is 0 Å². The minimum absolute atomic E-state index is 0.105. The van der Waals surface area contributed by atoms with Crippen LogP contribution in [0, 0.1) is 0 Å². The Morgan fingerprint density at radius 1 is 1.42 bits per heavy atom. The molecule has 1 fully saturated rings. The van der Waals surface area contributed by atoms with Gasteiger partial charge in [-0.1, -0.05) is 0 Å². The first kappa shape index (κ1) is 9.51. The van der Waals surface area contributed by atoms with Gasteiger partial charge in [0.05, 0.1) is 5.75 Å². The van der Waals surface area contributed by atoms with Gasteiger partial charge in [-0.15, -0.1) is 0 Å². The fourth-order valence-corrected chi connectivity index (χ4v) is 2.41. The van der Waals surface area contributed by atoms with E-state index in [1.54, 1.807) is 4.90 Å². The van der Waals surface area contributed by atoms with Crippen LogP contribution in [-0.2, 0) is 14.6 Å². The normalized spacial score (nSPS) is 23.2.